The molecule has 0 amide bonds. The Morgan fingerprint density at radius 3 is 2.29 bits per heavy atom. The fraction of sp³-hybridized carbons (Fsp3) is 0.677. The van der Waals surface area contributed by atoms with Crippen LogP contribution in [0.3, 0.4) is 0 Å². The normalized spacial score (nSPS) is 32.2. The molecular formula is C31H44F2O. The minimum Gasteiger partial charge on any atom is -0.490 e. The molecule has 0 aromatic heterocycles. The highest BCUT2D eigenvalue weighted by Crippen LogP contribution is 2.43. The quantitative estimate of drug-likeness (QED) is 0.271. The number of rotatable bonds is 8. The van der Waals surface area contributed by atoms with Crippen molar-refractivity contribution in [1.29, 1.82) is 0 Å². The molecule has 0 spiro atoms. The van der Waals surface area contributed by atoms with Crippen molar-refractivity contribution < 1.29 is 13.5 Å². The maximum atomic E-state index is 14.8. The summed E-state index contributed by atoms with van der Waals surface area (Å²) in [5, 5.41) is 0. The summed E-state index contributed by atoms with van der Waals surface area (Å²) in [5.74, 6) is 2.30. The third-order valence-electron chi connectivity index (χ3n) is 8.78. The molecule has 3 aliphatic rings. The highest BCUT2D eigenvalue weighted by Gasteiger charge is 2.31. The molecule has 0 aliphatic heterocycles. The molecular weight excluding hydrogens is 426 g/mol. The highest BCUT2D eigenvalue weighted by atomic mass is 19.2. The van der Waals surface area contributed by atoms with Crippen LogP contribution in [-0.2, 0) is 0 Å². The molecule has 34 heavy (non-hydrogen) atoms. The van der Waals surface area contributed by atoms with E-state index in [9.17, 15) is 8.78 Å². The lowest BCUT2D eigenvalue weighted by atomic mass is 9.70. The Morgan fingerprint density at radius 1 is 0.853 bits per heavy atom. The zero-order valence-corrected chi connectivity index (χ0v) is 21.3. The van der Waals surface area contributed by atoms with Gasteiger partial charge in [-0.1, -0.05) is 63.5 Å². The number of allylic oxidation sites excluding steroid dienone is 4. The van der Waals surface area contributed by atoms with Crippen LogP contribution in [-0.4, -0.2) is 6.61 Å². The molecule has 0 N–H and O–H groups in total. The minimum atomic E-state index is -0.812. The van der Waals surface area contributed by atoms with Crippen molar-refractivity contribution in [2.24, 2.45) is 29.6 Å². The fourth-order valence-electron chi connectivity index (χ4n) is 6.35. The highest BCUT2D eigenvalue weighted by molar-refractivity contribution is 5.33. The van der Waals surface area contributed by atoms with Crippen molar-refractivity contribution in [1.82, 2.24) is 0 Å². The molecule has 2 fully saturated rings. The van der Waals surface area contributed by atoms with E-state index in [-0.39, 0.29) is 11.7 Å². The maximum absolute atomic E-state index is 14.8. The summed E-state index contributed by atoms with van der Waals surface area (Å²) in [5.41, 5.74) is 0.542. The van der Waals surface area contributed by atoms with Gasteiger partial charge in [0.2, 0.25) is 5.82 Å². The predicted molar refractivity (Wildman–Crippen MR) is 137 cm³/mol. The monoisotopic (exact) mass is 470 g/mol. The maximum Gasteiger partial charge on any atom is 0.200 e. The Balaban J connectivity index is 1.26. The number of hydrogen-bond donors (Lipinski definition) is 0. The summed E-state index contributed by atoms with van der Waals surface area (Å²) in [4.78, 5) is 0. The lowest BCUT2D eigenvalue weighted by molar-refractivity contribution is 0.241. The van der Waals surface area contributed by atoms with Gasteiger partial charge in [0.15, 0.2) is 11.6 Å². The summed E-state index contributed by atoms with van der Waals surface area (Å²) in [6.07, 6.45) is 23.8. The van der Waals surface area contributed by atoms with Gasteiger partial charge in [-0.25, -0.2) is 4.39 Å². The Hall–Kier alpha value is -1.64. The van der Waals surface area contributed by atoms with Gasteiger partial charge in [-0.2, -0.15) is 4.39 Å². The molecule has 1 aromatic rings. The Morgan fingerprint density at radius 2 is 1.62 bits per heavy atom. The molecule has 0 saturated heterocycles. The largest absolute Gasteiger partial charge is 0.490 e. The second-order valence-electron chi connectivity index (χ2n) is 11.3. The summed E-state index contributed by atoms with van der Waals surface area (Å²) >= 11 is 0. The van der Waals surface area contributed by atoms with Gasteiger partial charge in [-0.3, -0.25) is 0 Å². The molecule has 2 atom stereocenters. The van der Waals surface area contributed by atoms with Crippen molar-refractivity contribution in [2.45, 2.75) is 96.8 Å². The number of hydrogen-bond acceptors (Lipinski definition) is 1. The van der Waals surface area contributed by atoms with Crippen LogP contribution in [0.25, 0.3) is 0 Å². The smallest absolute Gasteiger partial charge is 0.200 e. The standard InChI is InChI=1S/C31H44F2O/c1-3-4-21-34-29-20-19-28(30(32)31(29)33)27-17-15-26(16-18-27)25-13-11-24(12-14-25)10-9-23-7-5-22(2)6-8-23/h9-11,13,19-20,22-27H,3-8,12,14-18,21H2,1-2H3/b10-9+. The summed E-state index contributed by atoms with van der Waals surface area (Å²) in [6.45, 7) is 4.87. The molecule has 1 nitrogen and oxygen atoms in total. The van der Waals surface area contributed by atoms with Gasteiger partial charge in [0.1, 0.15) is 0 Å². The molecule has 2 saturated carbocycles. The van der Waals surface area contributed by atoms with Crippen molar-refractivity contribution in [3.8, 4) is 5.75 Å². The molecule has 4 rings (SSSR count). The predicted octanol–water partition coefficient (Wildman–Crippen LogP) is 9.38. The molecule has 1 aromatic carbocycles. The molecule has 3 aliphatic carbocycles. The molecule has 0 radical (unpaired) electrons. The lowest BCUT2D eigenvalue weighted by Gasteiger charge is -2.35. The van der Waals surface area contributed by atoms with Crippen LogP contribution in [0.15, 0.2) is 36.4 Å². The van der Waals surface area contributed by atoms with Crippen LogP contribution in [0.5, 0.6) is 5.75 Å². The van der Waals surface area contributed by atoms with Gasteiger partial charge in [-0.05, 0) is 105 Å². The second-order valence-corrected chi connectivity index (χ2v) is 11.3. The van der Waals surface area contributed by atoms with Crippen molar-refractivity contribution in [2.75, 3.05) is 6.61 Å². The van der Waals surface area contributed by atoms with E-state index in [1.54, 1.807) is 12.1 Å². The number of halogens is 2. The van der Waals surface area contributed by atoms with Crippen molar-refractivity contribution in [3.05, 3.63) is 53.6 Å². The van der Waals surface area contributed by atoms with E-state index in [1.165, 1.54) is 38.5 Å². The molecule has 3 heteroatoms. The van der Waals surface area contributed by atoms with E-state index in [2.05, 4.69) is 38.2 Å². The van der Waals surface area contributed by atoms with E-state index in [0.29, 0.717) is 29.9 Å². The zero-order chi connectivity index (χ0) is 23.9. The van der Waals surface area contributed by atoms with Gasteiger partial charge < -0.3 is 4.74 Å². The van der Waals surface area contributed by atoms with Crippen LogP contribution in [0.1, 0.15) is 102 Å². The average molecular weight is 471 g/mol. The third kappa shape index (κ3) is 6.52. The summed E-state index contributed by atoms with van der Waals surface area (Å²) < 4.78 is 34.8. The first-order chi connectivity index (χ1) is 16.5. The van der Waals surface area contributed by atoms with E-state index in [1.807, 2.05) is 0 Å². The van der Waals surface area contributed by atoms with E-state index >= 15 is 0 Å². The molecule has 188 valence electrons. The van der Waals surface area contributed by atoms with Crippen LogP contribution >= 0.6 is 0 Å². The molecule has 0 heterocycles. The lowest BCUT2D eigenvalue weighted by Crippen LogP contribution is -2.23. The third-order valence-corrected chi connectivity index (χ3v) is 8.78. The SMILES string of the molecule is CCCCOc1ccc(C2CCC(C3C=CC(/C=C/C4CCC(C)CC4)CC3)CC2)c(F)c1F. The Labute approximate surface area is 206 Å². The number of ether oxygens (including phenoxy) is 1. The molecule has 0 bridgehead atoms. The first-order valence-corrected chi connectivity index (χ1v) is 14.0. The molecule has 2 unspecified atom stereocenters. The van der Waals surface area contributed by atoms with Gasteiger partial charge in [-0.15, -0.1) is 0 Å². The first-order valence-electron chi connectivity index (χ1n) is 14.0. The second kappa shape index (κ2) is 12.4. The Bertz CT molecular complexity index is 828. The van der Waals surface area contributed by atoms with Gasteiger partial charge in [0, 0.05) is 0 Å². The van der Waals surface area contributed by atoms with Gasteiger partial charge in [0.05, 0.1) is 6.61 Å². The summed E-state index contributed by atoms with van der Waals surface area (Å²) in [6, 6.07) is 3.38. The van der Waals surface area contributed by atoms with Crippen LogP contribution in [0.4, 0.5) is 8.78 Å². The topological polar surface area (TPSA) is 9.23 Å². The van der Waals surface area contributed by atoms with E-state index in [0.717, 1.165) is 50.4 Å². The van der Waals surface area contributed by atoms with E-state index in [4.69, 9.17) is 4.74 Å². The van der Waals surface area contributed by atoms with Crippen molar-refractivity contribution >= 4 is 0 Å². The summed E-state index contributed by atoms with van der Waals surface area (Å²) in [7, 11) is 0. The zero-order valence-electron chi connectivity index (χ0n) is 21.3. The van der Waals surface area contributed by atoms with Gasteiger partial charge >= 0.3 is 0 Å². The minimum absolute atomic E-state index is 0.0531. The van der Waals surface area contributed by atoms with Crippen LogP contribution < -0.4 is 4.74 Å². The van der Waals surface area contributed by atoms with Crippen LogP contribution in [0, 0.1) is 41.2 Å². The van der Waals surface area contributed by atoms with E-state index < -0.39 is 11.6 Å². The number of unbranched alkanes of at least 4 members (excludes halogenated alkanes) is 1. The fourth-order valence-corrected chi connectivity index (χ4v) is 6.35. The van der Waals surface area contributed by atoms with Gasteiger partial charge in [0.25, 0.3) is 0 Å². The average Bonchev–Trinajstić information content (AvgIpc) is 2.87. The van der Waals surface area contributed by atoms with Crippen LogP contribution in [0.2, 0.25) is 0 Å². The number of benzene rings is 1. The van der Waals surface area contributed by atoms with Crippen molar-refractivity contribution in [3.63, 3.8) is 0 Å². The Kier molecular flexibility index (Phi) is 9.25. The first kappa shape index (κ1) is 25.5.